The molecule has 6 heteroatoms. The lowest BCUT2D eigenvalue weighted by atomic mass is 10.0. The van der Waals surface area contributed by atoms with Crippen molar-refractivity contribution in [3.63, 3.8) is 0 Å². The molecule has 0 saturated carbocycles. The summed E-state index contributed by atoms with van der Waals surface area (Å²) in [7, 11) is 0. The van der Waals surface area contributed by atoms with Crippen LogP contribution in [0.1, 0.15) is 355 Å². The number of carbonyl (C=O) groups is 3. The summed E-state index contributed by atoms with van der Waals surface area (Å²) in [5.74, 6) is -0.910. The Hall–Kier alpha value is -3.15. The molecule has 0 heterocycles. The fraction of sp³-hybridized carbons (Fsp3) is 0.795. The molecule has 6 nitrogen and oxygen atoms in total. The minimum atomic E-state index is -0.797. The predicted molar refractivity (Wildman–Crippen MR) is 344 cm³/mol. The van der Waals surface area contributed by atoms with Crippen LogP contribution in [0.2, 0.25) is 0 Å². The molecule has 0 aliphatic rings. The lowest BCUT2D eigenvalue weighted by Crippen LogP contribution is -2.30. The second-order valence-corrected chi connectivity index (χ2v) is 23.1. The highest BCUT2D eigenvalue weighted by Gasteiger charge is 2.19. The maximum Gasteiger partial charge on any atom is 0.306 e. The third-order valence-corrected chi connectivity index (χ3v) is 15.2. The van der Waals surface area contributed by atoms with Crippen molar-refractivity contribution in [3.05, 3.63) is 72.9 Å². The highest BCUT2D eigenvalue weighted by Crippen LogP contribution is 2.18. The van der Waals surface area contributed by atoms with Gasteiger partial charge in [-0.25, -0.2) is 0 Å². The quantitative estimate of drug-likeness (QED) is 0.0261. The Morgan fingerprint density at radius 3 is 0.772 bits per heavy atom. The van der Waals surface area contributed by atoms with Gasteiger partial charge in [-0.05, 0) is 70.6 Å². The molecule has 0 aromatic heterocycles. The number of hydrogen-bond donors (Lipinski definition) is 0. The molecule has 1 unspecified atom stereocenters. The molecule has 79 heavy (non-hydrogen) atoms. The summed E-state index contributed by atoms with van der Waals surface area (Å²) in [4.78, 5) is 38.4. The van der Waals surface area contributed by atoms with Crippen LogP contribution in [0.15, 0.2) is 72.9 Å². The van der Waals surface area contributed by atoms with E-state index in [1.165, 1.54) is 218 Å². The molecule has 0 fully saturated rings. The van der Waals surface area contributed by atoms with Crippen molar-refractivity contribution in [2.45, 2.75) is 361 Å². The van der Waals surface area contributed by atoms with Crippen LogP contribution in [0.5, 0.6) is 0 Å². The first-order valence-electron chi connectivity index (χ1n) is 34.4. The van der Waals surface area contributed by atoms with Crippen LogP contribution in [0.4, 0.5) is 0 Å². The predicted octanol–water partition coefficient (Wildman–Crippen LogP) is 23.7. The van der Waals surface area contributed by atoms with E-state index in [1.54, 1.807) is 0 Å². The Morgan fingerprint density at radius 1 is 0.266 bits per heavy atom. The van der Waals surface area contributed by atoms with E-state index < -0.39 is 6.10 Å². The van der Waals surface area contributed by atoms with Gasteiger partial charge in [0.2, 0.25) is 0 Å². The maximum absolute atomic E-state index is 12.9. The van der Waals surface area contributed by atoms with Crippen LogP contribution >= 0.6 is 0 Å². The Kier molecular flexibility index (Phi) is 64.7. The minimum Gasteiger partial charge on any atom is -0.462 e. The van der Waals surface area contributed by atoms with Crippen molar-refractivity contribution in [1.29, 1.82) is 0 Å². The Labute approximate surface area is 491 Å². The molecule has 0 aliphatic carbocycles. The fourth-order valence-corrected chi connectivity index (χ4v) is 10.1. The second-order valence-electron chi connectivity index (χ2n) is 23.1. The zero-order valence-electron chi connectivity index (χ0n) is 52.6. The van der Waals surface area contributed by atoms with Crippen LogP contribution in [-0.4, -0.2) is 37.2 Å². The van der Waals surface area contributed by atoms with E-state index in [0.717, 1.165) is 89.9 Å². The summed E-state index contributed by atoms with van der Waals surface area (Å²) >= 11 is 0. The molecule has 0 aliphatic heterocycles. The lowest BCUT2D eigenvalue weighted by molar-refractivity contribution is -0.167. The van der Waals surface area contributed by atoms with E-state index in [2.05, 4.69) is 93.7 Å². The molecule has 0 rings (SSSR count). The Balaban J connectivity index is 4.35. The first-order chi connectivity index (χ1) is 39.0. The Morgan fingerprint density at radius 2 is 0.494 bits per heavy atom. The molecule has 0 spiro atoms. The molecule has 0 amide bonds. The molecule has 458 valence electrons. The molecule has 1 atom stereocenters. The number of ether oxygens (including phenoxy) is 3. The molecular formula is C73H130O6. The van der Waals surface area contributed by atoms with Gasteiger partial charge >= 0.3 is 17.9 Å². The van der Waals surface area contributed by atoms with Crippen LogP contribution in [0, 0.1) is 0 Å². The van der Waals surface area contributed by atoms with Crippen molar-refractivity contribution in [2.24, 2.45) is 0 Å². The first kappa shape index (κ1) is 75.8. The van der Waals surface area contributed by atoms with E-state index in [4.69, 9.17) is 14.2 Å². The van der Waals surface area contributed by atoms with Crippen molar-refractivity contribution in [1.82, 2.24) is 0 Å². The molecule has 0 aromatic carbocycles. The standard InChI is InChI=1S/C73H130O6/c1-4-7-10-13-16-19-22-25-28-30-32-34-35-36-37-39-40-42-45-48-51-54-57-60-63-66-72(75)78-69-70(68-77-71(74)65-62-59-56-53-50-47-44-27-24-21-18-15-12-9-6-3)79-73(76)67-64-61-58-55-52-49-46-43-41-38-33-31-29-26-23-20-17-14-11-8-5-2/h8,11,17,20,26,29,33,38,43,46,52,55,70H,4-7,9-10,12-16,18-19,21-25,27-28,30-32,34-37,39-42,44-45,47-51,53-54,56-69H2,1-3H3/b11-8-,20-17-,29-26-,38-33-,46-43-,55-52-. The summed E-state index contributed by atoms with van der Waals surface area (Å²) in [6.45, 7) is 6.55. The van der Waals surface area contributed by atoms with Crippen LogP contribution in [0.3, 0.4) is 0 Å². The highest BCUT2D eigenvalue weighted by molar-refractivity contribution is 5.71. The second kappa shape index (κ2) is 67.4. The number of carbonyl (C=O) groups excluding carboxylic acids is 3. The van der Waals surface area contributed by atoms with Crippen molar-refractivity contribution in [3.8, 4) is 0 Å². The third-order valence-electron chi connectivity index (χ3n) is 15.2. The third kappa shape index (κ3) is 65.5. The largest absolute Gasteiger partial charge is 0.462 e. The van der Waals surface area contributed by atoms with E-state index in [0.29, 0.717) is 19.3 Å². The van der Waals surface area contributed by atoms with Crippen molar-refractivity contribution >= 4 is 17.9 Å². The molecule has 0 bridgehead atoms. The normalized spacial score (nSPS) is 12.5. The molecule has 0 aromatic rings. The van der Waals surface area contributed by atoms with Gasteiger partial charge in [-0.2, -0.15) is 0 Å². The number of unbranched alkanes of at least 4 members (excludes halogenated alkanes) is 40. The van der Waals surface area contributed by atoms with E-state index in [1.807, 2.05) is 0 Å². The zero-order chi connectivity index (χ0) is 57.1. The summed E-state index contributed by atoms with van der Waals surface area (Å²) in [5, 5.41) is 0. The maximum atomic E-state index is 12.9. The van der Waals surface area contributed by atoms with E-state index in [9.17, 15) is 14.4 Å². The van der Waals surface area contributed by atoms with Gasteiger partial charge in [-0.1, -0.05) is 338 Å². The number of rotatable bonds is 63. The molecule has 0 N–H and O–H groups in total. The van der Waals surface area contributed by atoms with Crippen LogP contribution in [-0.2, 0) is 28.6 Å². The van der Waals surface area contributed by atoms with Crippen molar-refractivity contribution < 1.29 is 28.6 Å². The smallest absolute Gasteiger partial charge is 0.306 e. The Bertz CT molecular complexity index is 1450. The summed E-state index contributed by atoms with van der Waals surface area (Å²) < 4.78 is 16.9. The number of hydrogen-bond acceptors (Lipinski definition) is 6. The molecule has 0 radical (unpaired) electrons. The van der Waals surface area contributed by atoms with Gasteiger partial charge in [-0.15, -0.1) is 0 Å². The summed E-state index contributed by atoms with van der Waals surface area (Å²) in [6.07, 6.45) is 87.9. The number of esters is 3. The van der Waals surface area contributed by atoms with E-state index >= 15 is 0 Å². The monoisotopic (exact) mass is 1100 g/mol. The van der Waals surface area contributed by atoms with Gasteiger partial charge in [-0.3, -0.25) is 14.4 Å². The van der Waals surface area contributed by atoms with Crippen LogP contribution < -0.4 is 0 Å². The topological polar surface area (TPSA) is 78.9 Å². The lowest BCUT2D eigenvalue weighted by Gasteiger charge is -2.18. The summed E-state index contributed by atoms with van der Waals surface area (Å²) in [6, 6.07) is 0. The van der Waals surface area contributed by atoms with Gasteiger partial charge in [0, 0.05) is 19.3 Å². The van der Waals surface area contributed by atoms with Gasteiger partial charge in [0.15, 0.2) is 6.10 Å². The van der Waals surface area contributed by atoms with Gasteiger partial charge in [0.25, 0.3) is 0 Å². The minimum absolute atomic E-state index is 0.0885. The first-order valence-corrected chi connectivity index (χ1v) is 34.4. The zero-order valence-corrected chi connectivity index (χ0v) is 52.6. The average Bonchev–Trinajstić information content (AvgIpc) is 3.45. The van der Waals surface area contributed by atoms with Crippen molar-refractivity contribution in [2.75, 3.05) is 13.2 Å². The average molecular weight is 1100 g/mol. The van der Waals surface area contributed by atoms with Gasteiger partial charge < -0.3 is 14.2 Å². The van der Waals surface area contributed by atoms with Gasteiger partial charge in [0.1, 0.15) is 13.2 Å². The summed E-state index contributed by atoms with van der Waals surface area (Å²) in [5.41, 5.74) is 0. The highest BCUT2D eigenvalue weighted by atomic mass is 16.6. The number of allylic oxidation sites excluding steroid dienone is 12. The SMILES string of the molecule is CC/C=C\C/C=C\C/C=C\C/C=C\C/C=C\C/C=C\CCCCC(=O)OC(COC(=O)CCCCCCCCCCCCCCCCC)COC(=O)CCCCCCCCCCCCCCCCCCCCCCCCCCC. The fourth-order valence-electron chi connectivity index (χ4n) is 10.1. The van der Waals surface area contributed by atoms with Gasteiger partial charge in [0.05, 0.1) is 0 Å². The van der Waals surface area contributed by atoms with E-state index in [-0.39, 0.29) is 37.5 Å². The van der Waals surface area contributed by atoms with Crippen LogP contribution in [0.25, 0.3) is 0 Å². The molecular weight excluding hydrogens is 973 g/mol. The molecule has 0 saturated heterocycles.